The third-order valence-electron chi connectivity index (χ3n) is 10.8. The lowest BCUT2D eigenvalue weighted by Crippen LogP contribution is -2.59. The molecule has 316 valence electrons. The van der Waals surface area contributed by atoms with Gasteiger partial charge in [-0.1, -0.05) is 65.3 Å². The van der Waals surface area contributed by atoms with E-state index in [9.17, 15) is 33.6 Å². The number of Topliss-reactive ketones (excluding diaryl/α,β-unsaturated/α-hetero) is 1. The zero-order chi connectivity index (χ0) is 41.9. The highest BCUT2D eigenvalue weighted by molar-refractivity contribution is 6.38. The van der Waals surface area contributed by atoms with Gasteiger partial charge in [0.25, 0.3) is 5.91 Å². The summed E-state index contributed by atoms with van der Waals surface area (Å²) in [5.41, 5.74) is 2.16. The van der Waals surface area contributed by atoms with Crippen LogP contribution < -0.4 is 21.3 Å². The van der Waals surface area contributed by atoms with E-state index in [1.54, 1.807) is 37.3 Å². The van der Waals surface area contributed by atoms with Crippen LogP contribution in [0.3, 0.4) is 0 Å². The Morgan fingerprint density at radius 3 is 2.29 bits per heavy atom. The number of tetrazole rings is 1. The molecular formula is C40H58N10O8. The molecule has 18 nitrogen and oxygen atoms in total. The molecule has 0 bridgehead atoms. The molecule has 2 aromatic rings. The topological polar surface area (TPSA) is 227 Å². The van der Waals surface area contributed by atoms with Crippen LogP contribution in [0, 0.1) is 11.8 Å². The van der Waals surface area contributed by atoms with Crippen LogP contribution in [0.1, 0.15) is 97.1 Å². The van der Waals surface area contributed by atoms with Gasteiger partial charge in [-0.3, -0.25) is 28.8 Å². The Balaban J connectivity index is 1.29. The van der Waals surface area contributed by atoms with Crippen LogP contribution in [0.2, 0.25) is 0 Å². The number of rotatable bonds is 19. The summed E-state index contributed by atoms with van der Waals surface area (Å²) in [6.45, 7) is 10.1. The minimum absolute atomic E-state index is 0.0537. The number of carbonyl (C=O) groups is 7. The highest BCUT2D eigenvalue weighted by Gasteiger charge is 2.46. The summed E-state index contributed by atoms with van der Waals surface area (Å²) in [4.78, 5) is 97.7. The number of nitrogens with zero attached hydrogens (tertiary/aromatic N) is 6. The third-order valence-corrected chi connectivity index (χ3v) is 10.8. The molecule has 2 fully saturated rings. The number of nitrogens with one attached hydrogen (secondary N) is 4. The van der Waals surface area contributed by atoms with Crippen LogP contribution in [0.25, 0.3) is 0 Å². The monoisotopic (exact) mass is 806 g/mol. The largest absolute Gasteiger partial charge is 0.444 e. The number of fused-ring (bicyclic) bond motifs is 1. The molecule has 1 aromatic carbocycles. The van der Waals surface area contributed by atoms with Crippen LogP contribution in [-0.2, 0) is 53.0 Å². The molecule has 18 heteroatoms. The average Bonchev–Trinajstić information content (AvgIpc) is 3.66. The van der Waals surface area contributed by atoms with Crippen molar-refractivity contribution < 1.29 is 38.3 Å². The molecule has 5 atom stereocenters. The van der Waals surface area contributed by atoms with E-state index >= 15 is 0 Å². The van der Waals surface area contributed by atoms with E-state index < -0.39 is 71.7 Å². The van der Waals surface area contributed by atoms with E-state index in [4.69, 9.17) is 4.74 Å². The van der Waals surface area contributed by atoms with E-state index in [2.05, 4.69) is 36.8 Å². The standard InChI is InChI=1S/C40H58N10O8/c1-6-11-30(35(52)38(55)42-28-15-16-28)43-36(53)31-20-29(58-40(57)48-19-17-26-12-7-8-13-27(26)21-48)22-50(31)39(56)34(25(4)5)45-37(54)33(24(2)3)44-32(51)14-9-10-18-49-23-41-46-47-49/h7-8,12-13,23-25,28-31,33-34H,6,9-11,14-22H2,1-5H3,(H,42,55)(H,43,53)(H,44,51)(H,45,54)/t29-,30?,31+,33+,34+/m1/s1. The summed E-state index contributed by atoms with van der Waals surface area (Å²) in [6.07, 6.45) is 4.25. The van der Waals surface area contributed by atoms with Gasteiger partial charge < -0.3 is 35.8 Å². The van der Waals surface area contributed by atoms with Crippen molar-refractivity contribution >= 4 is 41.4 Å². The van der Waals surface area contributed by atoms with Gasteiger partial charge in [0.15, 0.2) is 0 Å². The first kappa shape index (κ1) is 43.7. The molecule has 1 saturated heterocycles. The van der Waals surface area contributed by atoms with Gasteiger partial charge in [-0.15, -0.1) is 5.10 Å². The zero-order valence-corrected chi connectivity index (χ0v) is 34.1. The quantitative estimate of drug-likeness (QED) is 0.117. The summed E-state index contributed by atoms with van der Waals surface area (Å²) >= 11 is 0. The Morgan fingerprint density at radius 2 is 1.64 bits per heavy atom. The number of ketones is 1. The van der Waals surface area contributed by atoms with Crippen molar-refractivity contribution in [3.05, 3.63) is 41.7 Å². The first-order chi connectivity index (χ1) is 27.7. The second-order valence-electron chi connectivity index (χ2n) is 16.2. The van der Waals surface area contributed by atoms with Gasteiger partial charge in [0.2, 0.25) is 29.4 Å². The Labute approximate surface area is 338 Å². The SMILES string of the molecule is CCCC(NC(=O)[C@@H]1C[C@@H](OC(=O)N2CCc3ccccc3C2)CN1C(=O)[C@@H](NC(=O)[C@@H](NC(=O)CCCCn1cnnn1)C(C)C)C(C)C)C(=O)C(=O)NC1CC1. The summed E-state index contributed by atoms with van der Waals surface area (Å²) in [5.74, 6) is -4.46. The fraction of sp³-hybridized carbons (Fsp3) is 0.650. The lowest BCUT2D eigenvalue weighted by Gasteiger charge is -2.32. The number of hydrogen-bond donors (Lipinski definition) is 4. The molecule has 1 saturated carbocycles. The second kappa shape index (κ2) is 20.3. The number of benzene rings is 1. The molecule has 0 spiro atoms. The lowest BCUT2D eigenvalue weighted by atomic mass is 9.98. The molecule has 6 amide bonds. The van der Waals surface area contributed by atoms with Crippen molar-refractivity contribution in [3.8, 4) is 0 Å². The summed E-state index contributed by atoms with van der Waals surface area (Å²) in [5, 5.41) is 22.0. The maximum absolute atomic E-state index is 14.5. The molecule has 3 aliphatic rings. The van der Waals surface area contributed by atoms with Crippen LogP contribution >= 0.6 is 0 Å². The minimum Gasteiger partial charge on any atom is -0.444 e. The van der Waals surface area contributed by atoms with Crippen molar-refractivity contribution in [1.29, 1.82) is 0 Å². The van der Waals surface area contributed by atoms with Crippen molar-refractivity contribution in [3.63, 3.8) is 0 Å². The maximum Gasteiger partial charge on any atom is 0.410 e. The van der Waals surface area contributed by atoms with Crippen molar-refractivity contribution in [2.24, 2.45) is 11.8 Å². The highest BCUT2D eigenvalue weighted by Crippen LogP contribution is 2.26. The number of aromatic nitrogens is 4. The average molecular weight is 807 g/mol. The lowest BCUT2D eigenvalue weighted by molar-refractivity contribution is -0.144. The summed E-state index contributed by atoms with van der Waals surface area (Å²) in [7, 11) is 0. The molecule has 0 radical (unpaired) electrons. The first-order valence-corrected chi connectivity index (χ1v) is 20.5. The smallest absolute Gasteiger partial charge is 0.410 e. The summed E-state index contributed by atoms with van der Waals surface area (Å²) < 4.78 is 7.51. The number of likely N-dealkylation sites (tertiary alicyclic amines) is 1. The van der Waals surface area contributed by atoms with Crippen LogP contribution in [0.15, 0.2) is 30.6 Å². The molecule has 1 aliphatic carbocycles. The van der Waals surface area contributed by atoms with Crippen molar-refractivity contribution in [1.82, 2.24) is 51.3 Å². The Bertz CT molecular complexity index is 1780. The fourth-order valence-electron chi connectivity index (χ4n) is 7.27. The Hall–Kier alpha value is -5.42. The van der Waals surface area contributed by atoms with Crippen molar-refractivity contribution in [2.75, 3.05) is 13.1 Å². The van der Waals surface area contributed by atoms with Crippen LogP contribution in [-0.4, -0.2) is 121 Å². The highest BCUT2D eigenvalue weighted by atomic mass is 16.6. The Kier molecular flexibility index (Phi) is 15.3. The molecule has 3 heterocycles. The third kappa shape index (κ3) is 11.8. The van der Waals surface area contributed by atoms with E-state index in [1.165, 1.54) is 11.2 Å². The van der Waals surface area contributed by atoms with E-state index in [1.807, 2.05) is 31.2 Å². The molecule has 58 heavy (non-hydrogen) atoms. The van der Waals surface area contributed by atoms with E-state index in [0.29, 0.717) is 45.3 Å². The van der Waals surface area contributed by atoms with Gasteiger partial charge >= 0.3 is 6.09 Å². The second-order valence-corrected chi connectivity index (χ2v) is 16.2. The van der Waals surface area contributed by atoms with Crippen LogP contribution in [0.5, 0.6) is 0 Å². The van der Waals surface area contributed by atoms with Gasteiger partial charge in [0.05, 0.1) is 12.6 Å². The molecule has 1 aromatic heterocycles. The van der Waals surface area contributed by atoms with Gasteiger partial charge in [-0.25, -0.2) is 9.48 Å². The van der Waals surface area contributed by atoms with E-state index in [0.717, 1.165) is 24.0 Å². The number of aryl methyl sites for hydroxylation is 1. The summed E-state index contributed by atoms with van der Waals surface area (Å²) in [6, 6.07) is 3.41. The number of ether oxygens (including phenoxy) is 1. The molecular weight excluding hydrogens is 749 g/mol. The predicted molar refractivity (Wildman–Crippen MR) is 209 cm³/mol. The first-order valence-electron chi connectivity index (χ1n) is 20.5. The fourth-order valence-corrected chi connectivity index (χ4v) is 7.27. The normalized spacial score (nSPS) is 19.2. The molecule has 2 aliphatic heterocycles. The number of hydrogen-bond acceptors (Lipinski definition) is 11. The number of unbranched alkanes of at least 4 members (excludes halogenated alkanes) is 1. The zero-order valence-electron chi connectivity index (χ0n) is 34.1. The van der Waals surface area contributed by atoms with Gasteiger partial charge in [0, 0.05) is 38.5 Å². The Morgan fingerprint density at radius 1 is 0.914 bits per heavy atom. The minimum atomic E-state index is -1.18. The maximum atomic E-state index is 14.5. The molecule has 1 unspecified atom stereocenters. The molecule has 5 rings (SSSR count). The van der Waals surface area contributed by atoms with Gasteiger partial charge in [0.1, 0.15) is 30.6 Å². The predicted octanol–water partition coefficient (Wildman–Crippen LogP) is 1.42. The van der Waals surface area contributed by atoms with Crippen molar-refractivity contribution in [2.45, 2.75) is 142 Å². The number of carbonyl (C=O) groups excluding carboxylic acids is 7. The number of amides is 6. The van der Waals surface area contributed by atoms with Gasteiger partial charge in [-0.05, 0) is 71.9 Å². The van der Waals surface area contributed by atoms with Crippen LogP contribution in [0.4, 0.5) is 4.79 Å². The van der Waals surface area contributed by atoms with E-state index in [-0.39, 0.29) is 43.7 Å². The van der Waals surface area contributed by atoms with Gasteiger partial charge in [-0.2, -0.15) is 0 Å². The molecule has 4 N–H and O–H groups in total.